The van der Waals surface area contributed by atoms with Gasteiger partial charge in [0.25, 0.3) is 0 Å². The number of hydrogen-bond acceptors (Lipinski definition) is 5. The van der Waals surface area contributed by atoms with E-state index in [-0.39, 0.29) is 18.7 Å². The van der Waals surface area contributed by atoms with Crippen molar-refractivity contribution in [2.45, 2.75) is 19.9 Å². The van der Waals surface area contributed by atoms with Gasteiger partial charge in [-0.3, -0.25) is 9.69 Å². The topological polar surface area (TPSA) is 54.0 Å². The van der Waals surface area contributed by atoms with E-state index in [2.05, 4.69) is 22.0 Å². The maximum absolute atomic E-state index is 12.4. The first-order valence-corrected chi connectivity index (χ1v) is 7.84. The fraction of sp³-hybridized carbons (Fsp3) is 0.562. The monoisotopic (exact) mass is 305 g/mol. The van der Waals surface area contributed by atoms with Crippen LogP contribution in [0.25, 0.3) is 0 Å². The molecular formula is C16H23N3O3. The number of likely N-dealkylation sites (N-methyl/N-ethyl adjacent to an activating group) is 1. The quantitative estimate of drug-likeness (QED) is 0.911. The number of piperazine rings is 1. The molecule has 6 heteroatoms. The third-order valence-corrected chi connectivity index (χ3v) is 4.42. The number of rotatable bonds is 4. The van der Waals surface area contributed by atoms with E-state index in [9.17, 15) is 4.79 Å². The fourth-order valence-corrected chi connectivity index (χ4v) is 2.85. The summed E-state index contributed by atoms with van der Waals surface area (Å²) in [4.78, 5) is 17.1. The van der Waals surface area contributed by atoms with E-state index in [1.165, 1.54) is 0 Å². The summed E-state index contributed by atoms with van der Waals surface area (Å²) >= 11 is 0. The molecule has 1 fully saturated rings. The molecule has 120 valence electrons. The standard InChI is InChI=1S/C16H23N3O3/c1-3-18-6-8-19(9-7-18)12(2)16(20)17-13-4-5-14-15(10-13)22-11-21-14/h4-5,10,12H,3,6-9,11H2,1-2H3,(H,17,20)/t12-/m1/s1. The van der Waals surface area contributed by atoms with Crippen LogP contribution in [0.4, 0.5) is 5.69 Å². The van der Waals surface area contributed by atoms with Crippen molar-refractivity contribution >= 4 is 11.6 Å². The van der Waals surface area contributed by atoms with Gasteiger partial charge < -0.3 is 19.7 Å². The normalized spacial score (nSPS) is 19.9. The Balaban J connectivity index is 1.57. The van der Waals surface area contributed by atoms with Gasteiger partial charge in [0.2, 0.25) is 12.7 Å². The zero-order valence-electron chi connectivity index (χ0n) is 13.2. The Morgan fingerprint density at radius 3 is 2.68 bits per heavy atom. The SMILES string of the molecule is CCN1CCN([C@H](C)C(=O)Nc2ccc3c(c2)OCO3)CC1. The van der Waals surface area contributed by atoms with E-state index in [0.29, 0.717) is 5.75 Å². The Hall–Kier alpha value is -1.79. The summed E-state index contributed by atoms with van der Waals surface area (Å²) < 4.78 is 10.6. The van der Waals surface area contributed by atoms with Crippen molar-refractivity contribution in [2.24, 2.45) is 0 Å². The molecule has 1 saturated heterocycles. The van der Waals surface area contributed by atoms with E-state index >= 15 is 0 Å². The van der Waals surface area contributed by atoms with Gasteiger partial charge >= 0.3 is 0 Å². The molecule has 0 aliphatic carbocycles. The van der Waals surface area contributed by atoms with E-state index in [0.717, 1.165) is 44.2 Å². The van der Waals surface area contributed by atoms with Crippen molar-refractivity contribution in [3.63, 3.8) is 0 Å². The van der Waals surface area contributed by atoms with E-state index in [4.69, 9.17) is 9.47 Å². The minimum Gasteiger partial charge on any atom is -0.454 e. The Kier molecular flexibility index (Phi) is 4.49. The fourth-order valence-electron chi connectivity index (χ4n) is 2.85. The molecule has 1 N–H and O–H groups in total. The van der Waals surface area contributed by atoms with Gasteiger partial charge in [-0.2, -0.15) is 0 Å². The maximum atomic E-state index is 12.4. The number of nitrogens with one attached hydrogen (secondary N) is 1. The van der Waals surface area contributed by atoms with Crippen molar-refractivity contribution in [1.29, 1.82) is 0 Å². The van der Waals surface area contributed by atoms with Crippen LogP contribution in [-0.2, 0) is 4.79 Å². The van der Waals surface area contributed by atoms with Gasteiger partial charge in [0.1, 0.15) is 0 Å². The number of amides is 1. The molecular weight excluding hydrogens is 282 g/mol. The van der Waals surface area contributed by atoms with E-state index < -0.39 is 0 Å². The molecule has 3 rings (SSSR count). The molecule has 2 heterocycles. The van der Waals surface area contributed by atoms with Crippen LogP contribution in [0.1, 0.15) is 13.8 Å². The minimum atomic E-state index is -0.135. The van der Waals surface area contributed by atoms with Crippen molar-refractivity contribution in [3.05, 3.63) is 18.2 Å². The summed E-state index contributed by atoms with van der Waals surface area (Å²) in [5, 5.41) is 2.96. The van der Waals surface area contributed by atoms with Crippen molar-refractivity contribution in [1.82, 2.24) is 9.80 Å². The van der Waals surface area contributed by atoms with Crippen LogP contribution < -0.4 is 14.8 Å². The molecule has 0 bridgehead atoms. The highest BCUT2D eigenvalue weighted by Gasteiger charge is 2.25. The number of ether oxygens (including phenoxy) is 2. The number of benzene rings is 1. The smallest absolute Gasteiger partial charge is 0.241 e. The van der Waals surface area contributed by atoms with Crippen LogP contribution in [0.2, 0.25) is 0 Å². The van der Waals surface area contributed by atoms with Gasteiger partial charge in [0, 0.05) is 37.9 Å². The molecule has 0 saturated carbocycles. The molecule has 0 aromatic heterocycles. The largest absolute Gasteiger partial charge is 0.454 e. The first kappa shape index (κ1) is 15.1. The van der Waals surface area contributed by atoms with Gasteiger partial charge in [-0.1, -0.05) is 6.92 Å². The van der Waals surface area contributed by atoms with Gasteiger partial charge in [0.15, 0.2) is 11.5 Å². The maximum Gasteiger partial charge on any atom is 0.241 e. The summed E-state index contributed by atoms with van der Waals surface area (Å²) in [5.74, 6) is 1.42. The molecule has 22 heavy (non-hydrogen) atoms. The van der Waals surface area contributed by atoms with Crippen LogP contribution in [0.5, 0.6) is 11.5 Å². The van der Waals surface area contributed by atoms with Crippen molar-refractivity contribution in [3.8, 4) is 11.5 Å². The third-order valence-electron chi connectivity index (χ3n) is 4.42. The summed E-state index contributed by atoms with van der Waals surface area (Å²) in [7, 11) is 0. The molecule has 1 aromatic rings. The number of nitrogens with zero attached hydrogens (tertiary/aromatic N) is 2. The number of carbonyl (C=O) groups is 1. The number of carbonyl (C=O) groups excluding carboxylic acids is 1. The average molecular weight is 305 g/mol. The lowest BCUT2D eigenvalue weighted by molar-refractivity contribution is -0.121. The van der Waals surface area contributed by atoms with Crippen molar-refractivity contribution in [2.75, 3.05) is 44.8 Å². The van der Waals surface area contributed by atoms with Crippen LogP contribution in [0, 0.1) is 0 Å². The summed E-state index contributed by atoms with van der Waals surface area (Å²) in [6.45, 7) is 9.37. The average Bonchev–Trinajstić information content (AvgIpc) is 3.02. The lowest BCUT2D eigenvalue weighted by Gasteiger charge is -2.36. The highest BCUT2D eigenvalue weighted by Crippen LogP contribution is 2.34. The number of fused-ring (bicyclic) bond motifs is 1. The van der Waals surface area contributed by atoms with Gasteiger partial charge in [-0.15, -0.1) is 0 Å². The van der Waals surface area contributed by atoms with Crippen LogP contribution in [0.3, 0.4) is 0 Å². The van der Waals surface area contributed by atoms with Crippen molar-refractivity contribution < 1.29 is 14.3 Å². The Morgan fingerprint density at radius 2 is 1.95 bits per heavy atom. The second-order valence-electron chi connectivity index (χ2n) is 5.70. The lowest BCUT2D eigenvalue weighted by atomic mass is 10.2. The number of anilines is 1. The first-order chi connectivity index (χ1) is 10.7. The van der Waals surface area contributed by atoms with Gasteiger partial charge in [-0.25, -0.2) is 0 Å². The van der Waals surface area contributed by atoms with Crippen LogP contribution in [-0.4, -0.2) is 61.3 Å². The Labute approximate surface area is 131 Å². The van der Waals surface area contributed by atoms with E-state index in [1.54, 1.807) is 0 Å². The predicted octanol–water partition coefficient (Wildman–Crippen LogP) is 1.38. The van der Waals surface area contributed by atoms with Crippen LogP contribution >= 0.6 is 0 Å². The highest BCUT2D eigenvalue weighted by atomic mass is 16.7. The Bertz CT molecular complexity index is 541. The molecule has 0 radical (unpaired) electrons. The predicted molar refractivity (Wildman–Crippen MR) is 84.3 cm³/mol. The second kappa shape index (κ2) is 6.54. The second-order valence-corrected chi connectivity index (χ2v) is 5.70. The van der Waals surface area contributed by atoms with Gasteiger partial charge in [-0.05, 0) is 25.6 Å². The molecule has 0 unspecified atom stereocenters. The highest BCUT2D eigenvalue weighted by molar-refractivity contribution is 5.94. The zero-order chi connectivity index (χ0) is 15.5. The summed E-state index contributed by atoms with van der Waals surface area (Å²) in [6, 6.07) is 5.34. The molecule has 1 atom stereocenters. The molecule has 6 nitrogen and oxygen atoms in total. The molecule has 1 aromatic carbocycles. The summed E-state index contributed by atoms with van der Waals surface area (Å²) in [6.07, 6.45) is 0. The lowest BCUT2D eigenvalue weighted by Crippen LogP contribution is -2.52. The van der Waals surface area contributed by atoms with Gasteiger partial charge in [0.05, 0.1) is 6.04 Å². The summed E-state index contributed by atoms with van der Waals surface area (Å²) in [5.41, 5.74) is 0.744. The van der Waals surface area contributed by atoms with Crippen LogP contribution in [0.15, 0.2) is 18.2 Å². The third kappa shape index (κ3) is 3.18. The molecule has 0 spiro atoms. The number of hydrogen-bond donors (Lipinski definition) is 1. The van der Waals surface area contributed by atoms with E-state index in [1.807, 2.05) is 25.1 Å². The minimum absolute atomic E-state index is 0.0174. The molecule has 1 amide bonds. The molecule has 2 aliphatic heterocycles. The first-order valence-electron chi connectivity index (χ1n) is 7.84. The Morgan fingerprint density at radius 1 is 1.23 bits per heavy atom. The zero-order valence-corrected chi connectivity index (χ0v) is 13.2. The molecule has 2 aliphatic rings.